The van der Waals surface area contributed by atoms with Crippen LogP contribution in [0, 0.1) is 0 Å². The van der Waals surface area contributed by atoms with Gasteiger partial charge in [-0.3, -0.25) is 9.59 Å². The number of rotatable bonds is 4. The maximum Gasteiger partial charge on any atom is 0.276 e. The lowest BCUT2D eigenvalue weighted by molar-refractivity contribution is 0.0557. The highest BCUT2D eigenvalue weighted by Crippen LogP contribution is 2.25. The molecule has 124 valence electrons. The van der Waals surface area contributed by atoms with Gasteiger partial charge in [0, 0.05) is 5.92 Å². The molecule has 1 aromatic heterocycles. The second kappa shape index (κ2) is 6.18. The van der Waals surface area contributed by atoms with Crippen molar-refractivity contribution in [2.24, 2.45) is 0 Å². The molecular formula is C17H18N4O3. The highest BCUT2D eigenvalue weighted by Gasteiger charge is 2.35. The van der Waals surface area contributed by atoms with Crippen molar-refractivity contribution < 1.29 is 14.0 Å². The van der Waals surface area contributed by atoms with E-state index >= 15 is 0 Å². The van der Waals surface area contributed by atoms with Gasteiger partial charge in [-0.2, -0.15) is 0 Å². The first kappa shape index (κ1) is 15.0. The van der Waals surface area contributed by atoms with Crippen LogP contribution in [0.4, 0.5) is 0 Å². The minimum atomic E-state index is -0.339. The van der Waals surface area contributed by atoms with E-state index in [1.54, 1.807) is 30.5 Å². The zero-order valence-electron chi connectivity index (χ0n) is 13.1. The second-order valence-corrected chi connectivity index (χ2v) is 6.02. The molecule has 2 amide bonds. The molecule has 1 fully saturated rings. The molecule has 0 aliphatic carbocycles. The highest BCUT2D eigenvalue weighted by atomic mass is 16.4. The van der Waals surface area contributed by atoms with Gasteiger partial charge in [-0.25, -0.2) is 15.4 Å². The number of nitrogens with one attached hydrogen (secondary N) is 2. The Kier molecular flexibility index (Phi) is 3.87. The minimum absolute atomic E-state index is 0.240. The van der Waals surface area contributed by atoms with Gasteiger partial charge in [0.15, 0.2) is 5.89 Å². The van der Waals surface area contributed by atoms with Crippen LogP contribution in [-0.4, -0.2) is 34.9 Å². The molecule has 0 spiro atoms. The molecule has 3 heterocycles. The van der Waals surface area contributed by atoms with E-state index in [2.05, 4.69) is 15.7 Å². The van der Waals surface area contributed by atoms with Gasteiger partial charge in [0.2, 0.25) is 0 Å². The standard InChI is InChI=1S/C17H18N4O3/c22-16-13-3-1-2-4-14(13)17(23)21(16)20-10-12-9-19-15(24-12)11-5-7-18-8-6-11/h1-4,9,11,18,20H,5-8,10H2. The number of benzene rings is 1. The normalized spacial score (nSPS) is 18.2. The van der Waals surface area contributed by atoms with Crippen molar-refractivity contribution >= 4 is 11.8 Å². The zero-order chi connectivity index (χ0) is 16.5. The van der Waals surface area contributed by atoms with Crippen LogP contribution in [0.1, 0.15) is 51.1 Å². The molecule has 0 unspecified atom stereocenters. The largest absolute Gasteiger partial charge is 0.444 e. The number of oxazole rings is 1. The summed E-state index contributed by atoms with van der Waals surface area (Å²) in [6.45, 7) is 2.18. The zero-order valence-corrected chi connectivity index (χ0v) is 13.1. The maximum atomic E-state index is 12.3. The first-order valence-corrected chi connectivity index (χ1v) is 8.10. The lowest BCUT2D eigenvalue weighted by atomic mass is 9.98. The Morgan fingerprint density at radius 1 is 1.17 bits per heavy atom. The molecule has 0 saturated carbocycles. The summed E-state index contributed by atoms with van der Waals surface area (Å²) >= 11 is 0. The van der Waals surface area contributed by atoms with Crippen LogP contribution < -0.4 is 10.7 Å². The number of nitrogens with zero attached hydrogens (tertiary/aromatic N) is 2. The van der Waals surface area contributed by atoms with Crippen LogP contribution in [0.3, 0.4) is 0 Å². The van der Waals surface area contributed by atoms with Crippen LogP contribution in [-0.2, 0) is 6.54 Å². The first-order chi connectivity index (χ1) is 11.7. The summed E-state index contributed by atoms with van der Waals surface area (Å²) in [6.07, 6.45) is 3.67. The predicted octanol–water partition coefficient (Wildman–Crippen LogP) is 1.44. The lowest BCUT2D eigenvalue weighted by Gasteiger charge is -2.19. The number of carbonyl (C=O) groups excluding carboxylic acids is 2. The molecule has 7 nitrogen and oxygen atoms in total. The third kappa shape index (κ3) is 2.61. The summed E-state index contributed by atoms with van der Waals surface area (Å²) in [7, 11) is 0. The topological polar surface area (TPSA) is 87.5 Å². The molecule has 2 aliphatic heterocycles. The fraction of sp³-hybridized carbons (Fsp3) is 0.353. The number of imide groups is 1. The van der Waals surface area contributed by atoms with E-state index in [0.29, 0.717) is 22.8 Å². The number of hydrazine groups is 1. The average Bonchev–Trinajstić information content (AvgIpc) is 3.19. The number of piperidine rings is 1. The second-order valence-electron chi connectivity index (χ2n) is 6.02. The van der Waals surface area contributed by atoms with Gasteiger partial charge in [-0.05, 0) is 38.1 Å². The minimum Gasteiger partial charge on any atom is -0.444 e. The summed E-state index contributed by atoms with van der Waals surface area (Å²) in [5.74, 6) is 0.998. The van der Waals surface area contributed by atoms with E-state index < -0.39 is 0 Å². The van der Waals surface area contributed by atoms with Gasteiger partial charge >= 0.3 is 0 Å². The van der Waals surface area contributed by atoms with Gasteiger partial charge in [0.1, 0.15) is 5.76 Å². The number of fused-ring (bicyclic) bond motifs is 1. The van der Waals surface area contributed by atoms with Crippen molar-refractivity contribution in [2.75, 3.05) is 13.1 Å². The molecule has 0 bridgehead atoms. The van der Waals surface area contributed by atoms with Crippen LogP contribution in [0.15, 0.2) is 34.9 Å². The number of aromatic nitrogens is 1. The van der Waals surface area contributed by atoms with Crippen molar-refractivity contribution in [1.82, 2.24) is 20.7 Å². The van der Waals surface area contributed by atoms with Crippen molar-refractivity contribution in [3.8, 4) is 0 Å². The van der Waals surface area contributed by atoms with Gasteiger partial charge in [0.05, 0.1) is 23.9 Å². The van der Waals surface area contributed by atoms with E-state index in [1.165, 1.54) is 0 Å². The Morgan fingerprint density at radius 2 is 1.83 bits per heavy atom. The maximum absolute atomic E-state index is 12.3. The summed E-state index contributed by atoms with van der Waals surface area (Å²) in [5, 5.41) is 4.35. The highest BCUT2D eigenvalue weighted by molar-refractivity contribution is 6.20. The van der Waals surface area contributed by atoms with E-state index in [9.17, 15) is 9.59 Å². The Bertz CT molecular complexity index is 745. The van der Waals surface area contributed by atoms with Crippen molar-refractivity contribution in [1.29, 1.82) is 0 Å². The van der Waals surface area contributed by atoms with E-state index in [1.807, 2.05) is 0 Å². The molecule has 2 N–H and O–H groups in total. The monoisotopic (exact) mass is 326 g/mol. The fourth-order valence-corrected chi connectivity index (χ4v) is 3.15. The molecule has 7 heteroatoms. The fourth-order valence-electron chi connectivity index (χ4n) is 3.15. The Labute approximate surface area is 139 Å². The summed E-state index contributed by atoms with van der Waals surface area (Å²) in [6, 6.07) is 6.80. The summed E-state index contributed by atoms with van der Waals surface area (Å²) in [4.78, 5) is 28.9. The predicted molar refractivity (Wildman–Crippen MR) is 85.1 cm³/mol. The third-order valence-electron chi connectivity index (χ3n) is 4.47. The molecule has 2 aliphatic rings. The van der Waals surface area contributed by atoms with Crippen molar-refractivity contribution in [3.63, 3.8) is 0 Å². The molecule has 0 radical (unpaired) electrons. The van der Waals surface area contributed by atoms with E-state index in [0.717, 1.165) is 36.8 Å². The molecule has 4 rings (SSSR count). The van der Waals surface area contributed by atoms with E-state index in [-0.39, 0.29) is 18.4 Å². The van der Waals surface area contributed by atoms with Crippen LogP contribution in [0.5, 0.6) is 0 Å². The number of carbonyl (C=O) groups is 2. The molecular weight excluding hydrogens is 308 g/mol. The summed E-state index contributed by atoms with van der Waals surface area (Å²) in [5.41, 5.74) is 3.69. The van der Waals surface area contributed by atoms with Crippen molar-refractivity contribution in [2.45, 2.75) is 25.3 Å². The quantitative estimate of drug-likeness (QED) is 0.827. The molecule has 2 aromatic rings. The Balaban J connectivity index is 1.42. The van der Waals surface area contributed by atoms with Crippen LogP contribution in [0.2, 0.25) is 0 Å². The number of hydrogen-bond donors (Lipinski definition) is 2. The average molecular weight is 326 g/mol. The molecule has 1 saturated heterocycles. The Hall–Kier alpha value is -2.51. The third-order valence-corrected chi connectivity index (χ3v) is 4.47. The lowest BCUT2D eigenvalue weighted by Crippen LogP contribution is -2.41. The van der Waals surface area contributed by atoms with Gasteiger partial charge in [0.25, 0.3) is 11.8 Å². The van der Waals surface area contributed by atoms with Crippen LogP contribution >= 0.6 is 0 Å². The molecule has 24 heavy (non-hydrogen) atoms. The van der Waals surface area contributed by atoms with Crippen molar-refractivity contribution in [3.05, 3.63) is 53.2 Å². The smallest absolute Gasteiger partial charge is 0.276 e. The molecule has 1 aromatic carbocycles. The van der Waals surface area contributed by atoms with Gasteiger partial charge in [-0.15, -0.1) is 0 Å². The molecule has 0 atom stereocenters. The van der Waals surface area contributed by atoms with Gasteiger partial charge < -0.3 is 9.73 Å². The number of amides is 2. The number of hydrogen-bond acceptors (Lipinski definition) is 6. The van der Waals surface area contributed by atoms with Crippen LogP contribution in [0.25, 0.3) is 0 Å². The summed E-state index contributed by atoms with van der Waals surface area (Å²) < 4.78 is 5.78. The SMILES string of the molecule is O=C1c2ccccc2C(=O)N1NCc1cnc(C2CCNCC2)o1. The first-order valence-electron chi connectivity index (χ1n) is 8.10. The van der Waals surface area contributed by atoms with E-state index in [4.69, 9.17) is 4.42 Å². The van der Waals surface area contributed by atoms with Gasteiger partial charge in [-0.1, -0.05) is 12.1 Å². The Morgan fingerprint density at radius 3 is 2.50 bits per heavy atom.